The highest BCUT2D eigenvalue weighted by molar-refractivity contribution is 6.48. The number of amides is 1. The van der Waals surface area contributed by atoms with Gasteiger partial charge in [0.05, 0.1) is 12.2 Å². The smallest absolute Gasteiger partial charge is 0.296 e. The second kappa shape index (κ2) is 6.36. The maximum Gasteiger partial charge on any atom is 0.296 e. The predicted octanol–water partition coefficient (Wildman–Crippen LogP) is 3.39. The van der Waals surface area contributed by atoms with Crippen LogP contribution in [0.5, 0.6) is 5.75 Å². The summed E-state index contributed by atoms with van der Waals surface area (Å²) in [6.45, 7) is 2.47. The zero-order chi connectivity index (χ0) is 16.2. The Morgan fingerprint density at radius 1 is 1.09 bits per heavy atom. The van der Waals surface area contributed by atoms with Crippen LogP contribution < -0.4 is 10.1 Å². The molecule has 0 spiro atoms. The highest BCUT2D eigenvalue weighted by Crippen LogP contribution is 2.19. The molecule has 5 nitrogen and oxygen atoms in total. The molecular formula is C18H16N2O3. The summed E-state index contributed by atoms with van der Waals surface area (Å²) >= 11 is 0. The van der Waals surface area contributed by atoms with E-state index >= 15 is 0 Å². The van der Waals surface area contributed by atoms with Gasteiger partial charge in [0.1, 0.15) is 5.75 Å². The van der Waals surface area contributed by atoms with Crippen molar-refractivity contribution in [2.45, 2.75) is 6.92 Å². The fourth-order valence-corrected chi connectivity index (χ4v) is 2.37. The topological polar surface area (TPSA) is 71.2 Å². The van der Waals surface area contributed by atoms with Crippen molar-refractivity contribution in [1.82, 2.24) is 4.98 Å². The molecule has 23 heavy (non-hydrogen) atoms. The van der Waals surface area contributed by atoms with E-state index in [1.54, 1.807) is 30.5 Å². The lowest BCUT2D eigenvalue weighted by molar-refractivity contribution is -0.112. The number of nitrogens with one attached hydrogen (secondary N) is 2. The normalized spacial score (nSPS) is 10.5. The number of carbonyl (C=O) groups is 2. The number of aromatic nitrogens is 1. The van der Waals surface area contributed by atoms with Crippen LogP contribution in [0.3, 0.4) is 0 Å². The van der Waals surface area contributed by atoms with E-state index in [1.807, 2.05) is 31.2 Å². The summed E-state index contributed by atoms with van der Waals surface area (Å²) in [6.07, 6.45) is 1.56. The van der Waals surface area contributed by atoms with Crippen molar-refractivity contribution >= 4 is 28.3 Å². The highest BCUT2D eigenvalue weighted by atomic mass is 16.5. The van der Waals surface area contributed by atoms with Crippen molar-refractivity contribution < 1.29 is 14.3 Å². The van der Waals surface area contributed by atoms with Crippen molar-refractivity contribution in [3.63, 3.8) is 0 Å². The number of ketones is 1. The molecule has 0 aliphatic heterocycles. The number of ether oxygens (including phenoxy) is 1. The molecule has 0 fully saturated rings. The third-order valence-electron chi connectivity index (χ3n) is 3.46. The summed E-state index contributed by atoms with van der Waals surface area (Å²) in [7, 11) is 0. The molecule has 0 atom stereocenters. The number of benzene rings is 2. The molecule has 1 aromatic heterocycles. The molecule has 0 bridgehead atoms. The van der Waals surface area contributed by atoms with Crippen molar-refractivity contribution in [2.24, 2.45) is 0 Å². The molecule has 0 aliphatic carbocycles. The first-order valence-electron chi connectivity index (χ1n) is 7.33. The number of Topliss-reactive ketones (excluding diaryl/α,β-unsaturated/α-hetero) is 1. The van der Waals surface area contributed by atoms with E-state index in [9.17, 15) is 9.59 Å². The van der Waals surface area contributed by atoms with Gasteiger partial charge in [-0.25, -0.2) is 0 Å². The Hall–Kier alpha value is -3.08. The number of anilines is 1. The average molecular weight is 308 g/mol. The van der Waals surface area contributed by atoms with Crippen LogP contribution in [-0.4, -0.2) is 23.3 Å². The molecule has 1 heterocycles. The Labute approximate surface area is 133 Å². The molecule has 2 N–H and O–H groups in total. The molecule has 0 unspecified atom stereocenters. The zero-order valence-corrected chi connectivity index (χ0v) is 12.6. The van der Waals surface area contributed by atoms with E-state index in [1.165, 1.54) is 0 Å². The quantitative estimate of drug-likeness (QED) is 0.560. The fourth-order valence-electron chi connectivity index (χ4n) is 2.37. The second-order valence-electron chi connectivity index (χ2n) is 4.99. The van der Waals surface area contributed by atoms with Crippen LogP contribution in [0.2, 0.25) is 0 Å². The van der Waals surface area contributed by atoms with Crippen LogP contribution in [-0.2, 0) is 4.79 Å². The molecular weight excluding hydrogens is 292 g/mol. The van der Waals surface area contributed by atoms with Gasteiger partial charge in [-0.05, 0) is 37.3 Å². The highest BCUT2D eigenvalue weighted by Gasteiger charge is 2.19. The van der Waals surface area contributed by atoms with E-state index in [4.69, 9.17) is 4.74 Å². The molecule has 0 saturated carbocycles. The molecule has 3 aromatic rings. The first-order chi connectivity index (χ1) is 11.2. The monoisotopic (exact) mass is 308 g/mol. The minimum absolute atomic E-state index is 0.365. The van der Waals surface area contributed by atoms with Gasteiger partial charge >= 0.3 is 0 Å². The van der Waals surface area contributed by atoms with Crippen molar-refractivity contribution in [2.75, 3.05) is 11.9 Å². The summed E-state index contributed by atoms with van der Waals surface area (Å²) in [4.78, 5) is 27.5. The summed E-state index contributed by atoms with van der Waals surface area (Å²) in [5.41, 5.74) is 1.74. The van der Waals surface area contributed by atoms with Gasteiger partial charge in [-0.1, -0.05) is 18.2 Å². The number of rotatable bonds is 5. The fraction of sp³-hybridized carbons (Fsp3) is 0.111. The van der Waals surface area contributed by atoms with Gasteiger partial charge < -0.3 is 15.0 Å². The molecule has 5 heteroatoms. The number of carbonyl (C=O) groups excluding carboxylic acids is 2. The van der Waals surface area contributed by atoms with E-state index in [-0.39, 0.29) is 0 Å². The van der Waals surface area contributed by atoms with Gasteiger partial charge in [0, 0.05) is 22.8 Å². The summed E-state index contributed by atoms with van der Waals surface area (Å²) in [5, 5.41) is 3.34. The van der Waals surface area contributed by atoms with Crippen molar-refractivity contribution in [3.8, 4) is 5.75 Å². The largest absolute Gasteiger partial charge is 0.494 e. The Kier molecular flexibility index (Phi) is 4.10. The van der Waals surface area contributed by atoms with Gasteiger partial charge in [0.15, 0.2) is 0 Å². The third-order valence-corrected chi connectivity index (χ3v) is 3.46. The van der Waals surface area contributed by atoms with Crippen LogP contribution in [0, 0.1) is 0 Å². The van der Waals surface area contributed by atoms with Crippen molar-refractivity contribution in [1.29, 1.82) is 0 Å². The lowest BCUT2D eigenvalue weighted by Gasteiger charge is -2.06. The van der Waals surface area contributed by atoms with Crippen LogP contribution >= 0.6 is 0 Å². The lowest BCUT2D eigenvalue weighted by atomic mass is 10.1. The van der Waals surface area contributed by atoms with Crippen LogP contribution in [0.15, 0.2) is 54.7 Å². The lowest BCUT2D eigenvalue weighted by Crippen LogP contribution is -2.22. The minimum atomic E-state index is -0.668. The SMILES string of the molecule is CCOc1ccc(NC(=O)C(=O)c2c[nH]c3ccccc23)cc1. The average Bonchev–Trinajstić information content (AvgIpc) is 3.00. The maximum atomic E-state index is 12.3. The maximum absolute atomic E-state index is 12.3. The Bertz CT molecular complexity index is 850. The van der Waals surface area contributed by atoms with Gasteiger partial charge in [0.2, 0.25) is 0 Å². The summed E-state index contributed by atoms with van der Waals surface area (Å²) in [5.74, 6) is -0.524. The number of hydrogen-bond acceptors (Lipinski definition) is 3. The molecule has 2 aromatic carbocycles. The van der Waals surface area contributed by atoms with E-state index in [0.717, 1.165) is 10.9 Å². The molecule has 1 amide bonds. The third kappa shape index (κ3) is 3.08. The second-order valence-corrected chi connectivity index (χ2v) is 4.99. The van der Waals surface area contributed by atoms with Crippen LogP contribution in [0.25, 0.3) is 10.9 Å². The van der Waals surface area contributed by atoms with Gasteiger partial charge in [-0.2, -0.15) is 0 Å². The number of H-pyrrole nitrogens is 1. The molecule has 0 saturated heterocycles. The first kappa shape index (κ1) is 14.8. The molecule has 116 valence electrons. The van der Waals surface area contributed by atoms with Gasteiger partial charge in [-0.15, -0.1) is 0 Å². The van der Waals surface area contributed by atoms with E-state index in [2.05, 4.69) is 10.3 Å². The number of hydrogen-bond donors (Lipinski definition) is 2. The van der Waals surface area contributed by atoms with Gasteiger partial charge in [0.25, 0.3) is 11.7 Å². The summed E-state index contributed by atoms with van der Waals surface area (Å²) in [6, 6.07) is 14.3. The molecule has 0 aliphatic rings. The first-order valence-corrected chi connectivity index (χ1v) is 7.33. The number of aromatic amines is 1. The molecule has 3 rings (SSSR count). The standard InChI is InChI=1S/C18H16N2O3/c1-2-23-13-9-7-12(8-10-13)20-18(22)17(21)15-11-19-16-6-4-3-5-14(15)16/h3-11,19H,2H2,1H3,(H,20,22). The number of fused-ring (bicyclic) bond motifs is 1. The Morgan fingerprint density at radius 2 is 1.83 bits per heavy atom. The zero-order valence-electron chi connectivity index (χ0n) is 12.6. The van der Waals surface area contributed by atoms with E-state index in [0.29, 0.717) is 23.6 Å². The predicted molar refractivity (Wildman–Crippen MR) is 88.9 cm³/mol. The Morgan fingerprint density at radius 3 is 2.57 bits per heavy atom. The van der Waals surface area contributed by atoms with Crippen LogP contribution in [0.1, 0.15) is 17.3 Å². The minimum Gasteiger partial charge on any atom is -0.494 e. The van der Waals surface area contributed by atoms with Crippen molar-refractivity contribution in [3.05, 3.63) is 60.3 Å². The Balaban J connectivity index is 1.76. The van der Waals surface area contributed by atoms with Crippen LogP contribution in [0.4, 0.5) is 5.69 Å². The van der Waals surface area contributed by atoms with Gasteiger partial charge in [-0.3, -0.25) is 9.59 Å². The van der Waals surface area contributed by atoms with E-state index < -0.39 is 11.7 Å². The molecule has 0 radical (unpaired) electrons. The summed E-state index contributed by atoms with van der Waals surface area (Å²) < 4.78 is 5.34. The number of para-hydroxylation sites is 1.